The summed E-state index contributed by atoms with van der Waals surface area (Å²) in [4.78, 5) is 14.5. The minimum Gasteiger partial charge on any atom is -0.480 e. The predicted octanol–water partition coefficient (Wildman–Crippen LogP) is 2.15. The van der Waals surface area contributed by atoms with Crippen molar-refractivity contribution < 1.29 is 9.90 Å². The number of hydrogen-bond donors (Lipinski definition) is 3. The molecule has 18 heavy (non-hydrogen) atoms. The standard InChI is InChI=1S/C14H18N2O2/c1-9(2)14(15,13(17)18)7-10-8-16-12-6-4-3-5-11(10)12/h3-6,8-9,16H,7,15H2,1-2H3,(H,17,18)/t14-/m1/s1. The van der Waals surface area contributed by atoms with Gasteiger partial charge in [0.15, 0.2) is 0 Å². The fourth-order valence-corrected chi connectivity index (χ4v) is 2.12. The summed E-state index contributed by atoms with van der Waals surface area (Å²) in [7, 11) is 0. The van der Waals surface area contributed by atoms with Gasteiger partial charge in [-0.3, -0.25) is 4.79 Å². The second-order valence-electron chi connectivity index (χ2n) is 5.04. The van der Waals surface area contributed by atoms with Gasteiger partial charge in [-0.25, -0.2) is 0 Å². The van der Waals surface area contributed by atoms with E-state index in [4.69, 9.17) is 5.73 Å². The summed E-state index contributed by atoms with van der Waals surface area (Å²) in [6.07, 6.45) is 2.17. The van der Waals surface area contributed by atoms with Gasteiger partial charge in [0.05, 0.1) is 0 Å². The Morgan fingerprint density at radius 2 is 2.11 bits per heavy atom. The van der Waals surface area contributed by atoms with E-state index in [2.05, 4.69) is 4.98 Å². The number of carboxylic acid groups (broad SMARTS) is 1. The van der Waals surface area contributed by atoms with Crippen LogP contribution in [0.1, 0.15) is 19.4 Å². The number of nitrogens with one attached hydrogen (secondary N) is 1. The molecular weight excluding hydrogens is 228 g/mol. The Kier molecular flexibility index (Phi) is 3.13. The number of aromatic amines is 1. The zero-order valence-electron chi connectivity index (χ0n) is 10.6. The Hall–Kier alpha value is -1.81. The second kappa shape index (κ2) is 4.46. The van der Waals surface area contributed by atoms with Gasteiger partial charge in [-0.05, 0) is 17.5 Å². The van der Waals surface area contributed by atoms with E-state index in [1.807, 2.05) is 44.3 Å². The first-order valence-electron chi connectivity index (χ1n) is 6.02. The summed E-state index contributed by atoms with van der Waals surface area (Å²) >= 11 is 0. The number of benzene rings is 1. The summed E-state index contributed by atoms with van der Waals surface area (Å²) in [6.45, 7) is 3.67. The fraction of sp³-hybridized carbons (Fsp3) is 0.357. The maximum absolute atomic E-state index is 11.4. The number of aromatic nitrogens is 1. The van der Waals surface area contributed by atoms with E-state index in [0.29, 0.717) is 6.42 Å². The third-order valence-corrected chi connectivity index (χ3v) is 3.59. The molecule has 0 fully saturated rings. The number of hydrogen-bond acceptors (Lipinski definition) is 2. The Bertz CT molecular complexity index is 574. The molecule has 0 amide bonds. The van der Waals surface area contributed by atoms with E-state index >= 15 is 0 Å². The molecule has 0 saturated carbocycles. The lowest BCUT2D eigenvalue weighted by Gasteiger charge is -2.28. The van der Waals surface area contributed by atoms with Crippen LogP contribution < -0.4 is 5.73 Å². The van der Waals surface area contributed by atoms with E-state index in [1.165, 1.54) is 0 Å². The summed E-state index contributed by atoms with van der Waals surface area (Å²) < 4.78 is 0. The molecule has 0 saturated heterocycles. The van der Waals surface area contributed by atoms with Crippen LogP contribution in [0.15, 0.2) is 30.5 Å². The molecule has 1 atom stereocenters. The van der Waals surface area contributed by atoms with Crippen molar-refractivity contribution in [2.45, 2.75) is 25.8 Å². The van der Waals surface area contributed by atoms with Crippen molar-refractivity contribution in [2.75, 3.05) is 0 Å². The highest BCUT2D eigenvalue weighted by Crippen LogP contribution is 2.25. The van der Waals surface area contributed by atoms with Crippen LogP contribution in [-0.4, -0.2) is 21.6 Å². The molecule has 0 radical (unpaired) electrons. The zero-order chi connectivity index (χ0) is 13.3. The Labute approximate surface area is 106 Å². The molecule has 0 spiro atoms. The number of carbonyl (C=O) groups is 1. The molecule has 4 N–H and O–H groups in total. The van der Waals surface area contributed by atoms with Crippen LogP contribution in [0.3, 0.4) is 0 Å². The number of carboxylic acids is 1. The maximum Gasteiger partial charge on any atom is 0.324 e. The number of H-pyrrole nitrogens is 1. The molecule has 2 aromatic rings. The van der Waals surface area contributed by atoms with Crippen molar-refractivity contribution >= 4 is 16.9 Å². The topological polar surface area (TPSA) is 79.1 Å². The van der Waals surface area contributed by atoms with Crippen molar-refractivity contribution in [1.82, 2.24) is 4.98 Å². The van der Waals surface area contributed by atoms with Gasteiger partial charge in [0.25, 0.3) is 0 Å². The van der Waals surface area contributed by atoms with E-state index in [1.54, 1.807) is 0 Å². The lowest BCUT2D eigenvalue weighted by Crippen LogP contribution is -2.54. The number of aliphatic carboxylic acids is 1. The normalized spacial score (nSPS) is 14.9. The number of fused-ring (bicyclic) bond motifs is 1. The highest BCUT2D eigenvalue weighted by molar-refractivity contribution is 5.85. The first-order chi connectivity index (χ1) is 8.45. The average Bonchev–Trinajstić information content (AvgIpc) is 2.72. The van der Waals surface area contributed by atoms with Gasteiger partial charge in [-0.2, -0.15) is 0 Å². The highest BCUT2D eigenvalue weighted by atomic mass is 16.4. The van der Waals surface area contributed by atoms with Crippen molar-refractivity contribution in [2.24, 2.45) is 11.7 Å². The van der Waals surface area contributed by atoms with Gasteiger partial charge >= 0.3 is 5.97 Å². The van der Waals surface area contributed by atoms with E-state index in [9.17, 15) is 9.90 Å². The van der Waals surface area contributed by atoms with Gasteiger partial charge < -0.3 is 15.8 Å². The summed E-state index contributed by atoms with van der Waals surface area (Å²) in [5.74, 6) is -1.09. The molecule has 1 aromatic carbocycles. The molecule has 4 heteroatoms. The molecule has 0 aliphatic rings. The molecule has 1 heterocycles. The van der Waals surface area contributed by atoms with Crippen molar-refractivity contribution in [3.8, 4) is 0 Å². The lowest BCUT2D eigenvalue weighted by atomic mass is 9.82. The van der Waals surface area contributed by atoms with E-state index in [0.717, 1.165) is 16.5 Å². The molecule has 0 bridgehead atoms. The minimum absolute atomic E-state index is 0.135. The summed E-state index contributed by atoms with van der Waals surface area (Å²) in [6, 6.07) is 7.82. The van der Waals surface area contributed by atoms with Crippen LogP contribution in [0.4, 0.5) is 0 Å². The van der Waals surface area contributed by atoms with Gasteiger partial charge in [-0.15, -0.1) is 0 Å². The molecule has 96 valence electrons. The number of para-hydroxylation sites is 1. The minimum atomic E-state index is -1.23. The van der Waals surface area contributed by atoms with Crippen molar-refractivity contribution in [1.29, 1.82) is 0 Å². The lowest BCUT2D eigenvalue weighted by molar-refractivity contribution is -0.145. The first-order valence-corrected chi connectivity index (χ1v) is 6.02. The molecule has 0 aliphatic heterocycles. The monoisotopic (exact) mass is 246 g/mol. The Morgan fingerprint density at radius 3 is 2.72 bits per heavy atom. The first kappa shape index (κ1) is 12.6. The summed E-state index contributed by atoms with van der Waals surface area (Å²) in [5.41, 5.74) is 6.77. The average molecular weight is 246 g/mol. The Balaban J connectivity index is 2.41. The fourth-order valence-electron chi connectivity index (χ4n) is 2.12. The number of nitrogens with two attached hydrogens (primary N) is 1. The van der Waals surface area contributed by atoms with Crippen LogP contribution in [0, 0.1) is 5.92 Å². The SMILES string of the molecule is CC(C)[C@](N)(Cc1c[nH]c2ccccc12)C(=O)O. The van der Waals surface area contributed by atoms with E-state index < -0.39 is 11.5 Å². The van der Waals surface area contributed by atoms with Crippen LogP contribution >= 0.6 is 0 Å². The van der Waals surface area contributed by atoms with Crippen LogP contribution in [-0.2, 0) is 11.2 Å². The van der Waals surface area contributed by atoms with Gasteiger partial charge in [0, 0.05) is 23.5 Å². The zero-order valence-corrected chi connectivity index (χ0v) is 10.6. The van der Waals surface area contributed by atoms with Crippen LogP contribution in [0.2, 0.25) is 0 Å². The molecule has 0 unspecified atom stereocenters. The predicted molar refractivity (Wildman–Crippen MR) is 71.4 cm³/mol. The quantitative estimate of drug-likeness (QED) is 0.773. The maximum atomic E-state index is 11.4. The smallest absolute Gasteiger partial charge is 0.324 e. The highest BCUT2D eigenvalue weighted by Gasteiger charge is 2.38. The third kappa shape index (κ3) is 1.99. The number of rotatable bonds is 4. The molecular formula is C14H18N2O2. The van der Waals surface area contributed by atoms with Gasteiger partial charge in [-0.1, -0.05) is 32.0 Å². The molecule has 2 rings (SSSR count). The second-order valence-corrected chi connectivity index (χ2v) is 5.04. The van der Waals surface area contributed by atoms with Crippen LogP contribution in [0.25, 0.3) is 10.9 Å². The van der Waals surface area contributed by atoms with Crippen LogP contribution in [0.5, 0.6) is 0 Å². The summed E-state index contributed by atoms with van der Waals surface area (Å²) in [5, 5.41) is 10.4. The molecule has 0 aliphatic carbocycles. The molecule has 4 nitrogen and oxygen atoms in total. The third-order valence-electron chi connectivity index (χ3n) is 3.59. The van der Waals surface area contributed by atoms with Gasteiger partial charge in [0.1, 0.15) is 5.54 Å². The van der Waals surface area contributed by atoms with Gasteiger partial charge in [0.2, 0.25) is 0 Å². The van der Waals surface area contributed by atoms with E-state index in [-0.39, 0.29) is 5.92 Å². The van der Waals surface area contributed by atoms with Crippen molar-refractivity contribution in [3.63, 3.8) is 0 Å². The molecule has 1 aromatic heterocycles. The van der Waals surface area contributed by atoms with Crippen molar-refractivity contribution in [3.05, 3.63) is 36.0 Å². The largest absolute Gasteiger partial charge is 0.480 e. The Morgan fingerprint density at radius 1 is 1.44 bits per heavy atom.